The Kier molecular flexibility index (Phi) is 40.9. The van der Waals surface area contributed by atoms with E-state index in [-0.39, 0.29) is 93.4 Å². The number of rotatable bonds is 46. The van der Waals surface area contributed by atoms with Gasteiger partial charge in [-0.3, -0.25) is 67.1 Å². The van der Waals surface area contributed by atoms with Crippen molar-refractivity contribution in [1.82, 2.24) is 68.7 Å². The minimum Gasteiger partial charge on any atom is -0.438 e. The summed E-state index contributed by atoms with van der Waals surface area (Å²) in [7, 11) is 0. The number of amides is 14. The zero-order valence-electron chi connectivity index (χ0n) is 58.6. The molecule has 1 fully saturated rings. The maximum absolute atomic E-state index is 14.2. The molecule has 0 aliphatic carbocycles. The van der Waals surface area contributed by atoms with Crippen LogP contribution in [0.15, 0.2) is 30.3 Å². The van der Waals surface area contributed by atoms with Gasteiger partial charge in [-0.25, -0.2) is 4.79 Å². The van der Waals surface area contributed by atoms with E-state index in [1.807, 2.05) is 13.8 Å². The Morgan fingerprint density at radius 3 is 1.24 bits per heavy atom. The van der Waals surface area contributed by atoms with Crippen LogP contribution in [0, 0.1) is 17.8 Å². The molecular formula is C65H109N17O16S. The first-order valence-electron chi connectivity index (χ1n) is 33.9. The molecule has 1 saturated heterocycles. The number of thioether (sulfide) groups is 1. The second kappa shape index (κ2) is 46.7. The van der Waals surface area contributed by atoms with Gasteiger partial charge in [0.15, 0.2) is 0 Å². The van der Waals surface area contributed by atoms with Gasteiger partial charge < -0.3 is 96.4 Å². The van der Waals surface area contributed by atoms with Crippen LogP contribution >= 0.6 is 11.8 Å². The molecule has 1 aromatic rings. The third kappa shape index (κ3) is 34.2. The summed E-state index contributed by atoms with van der Waals surface area (Å²) in [5, 5.41) is 30.5. The number of likely N-dealkylation sites (tertiary alicyclic amines) is 1. The van der Waals surface area contributed by atoms with E-state index in [9.17, 15) is 71.9 Å². The molecule has 0 radical (unpaired) electrons. The van der Waals surface area contributed by atoms with E-state index in [4.69, 9.17) is 27.7 Å². The quantitative estimate of drug-likeness (QED) is 0.0246. The molecule has 1 heterocycles. The molecule has 1 aliphatic rings. The summed E-state index contributed by atoms with van der Waals surface area (Å²) >= 11 is 0.743. The highest BCUT2D eigenvalue weighted by atomic mass is 32.2. The van der Waals surface area contributed by atoms with E-state index in [0.29, 0.717) is 57.1 Å². The van der Waals surface area contributed by atoms with Crippen LogP contribution < -0.4 is 86.7 Å². The van der Waals surface area contributed by atoms with E-state index in [1.54, 1.807) is 58.0 Å². The first kappa shape index (κ1) is 86.6. The van der Waals surface area contributed by atoms with Crippen molar-refractivity contribution < 1.29 is 76.7 Å². The number of ether oxygens (including phenoxy) is 1. The summed E-state index contributed by atoms with van der Waals surface area (Å²) in [6.45, 7) is 14.3. The van der Waals surface area contributed by atoms with Crippen LogP contribution in [0.5, 0.6) is 0 Å². The topological polar surface area (TPSA) is 517 Å². The molecule has 0 spiro atoms. The van der Waals surface area contributed by atoms with E-state index < -0.39 is 163 Å². The fraction of sp³-hybridized carbons (Fsp3) is 0.677. The highest BCUT2D eigenvalue weighted by molar-refractivity contribution is 8.14. The van der Waals surface area contributed by atoms with Gasteiger partial charge >= 0.3 is 6.09 Å². The number of alkyl carbamates (subject to hydrolysis) is 1. The highest BCUT2D eigenvalue weighted by Gasteiger charge is 2.38. The van der Waals surface area contributed by atoms with Crippen LogP contribution in [-0.2, 0) is 67.1 Å². The molecule has 1 aromatic carbocycles. The molecule has 34 heteroatoms. The fourth-order valence-electron chi connectivity index (χ4n) is 10.1. The van der Waals surface area contributed by atoms with Crippen LogP contribution in [0.3, 0.4) is 0 Å². The van der Waals surface area contributed by atoms with Gasteiger partial charge in [0.25, 0.3) is 0 Å². The fourth-order valence-corrected chi connectivity index (χ4v) is 10.7. The van der Waals surface area contributed by atoms with Gasteiger partial charge in [-0.05, 0) is 160 Å². The number of benzene rings is 1. The number of unbranched alkanes of at least 4 members (excludes halogenated alkanes) is 3. The Bertz CT molecular complexity index is 2850. The predicted octanol–water partition coefficient (Wildman–Crippen LogP) is -2.10. The number of primary amides is 1. The molecule has 2 rings (SSSR count). The smallest absolute Gasteiger partial charge is 0.408 e. The molecule has 20 N–H and O–H groups in total. The van der Waals surface area contributed by atoms with Crippen molar-refractivity contribution in [2.75, 3.05) is 51.8 Å². The third-order valence-electron chi connectivity index (χ3n) is 15.6. The average molecular weight is 1420 g/mol. The lowest BCUT2D eigenvalue weighted by molar-refractivity contribution is -0.140. The zero-order chi connectivity index (χ0) is 74.3. The van der Waals surface area contributed by atoms with Crippen molar-refractivity contribution in [3.63, 3.8) is 0 Å². The lowest BCUT2D eigenvalue weighted by Gasteiger charge is -2.28. The number of carbonyl (C=O) groups excluding carboxylic acids is 15. The zero-order valence-corrected chi connectivity index (χ0v) is 59.5. The Labute approximate surface area is 583 Å². The number of hydrogen-bond donors (Lipinski definition) is 16. The molecule has 0 aromatic heterocycles. The van der Waals surface area contributed by atoms with Crippen molar-refractivity contribution in [3.8, 4) is 0 Å². The van der Waals surface area contributed by atoms with Gasteiger partial charge in [-0.2, -0.15) is 0 Å². The number of nitrogens with two attached hydrogens (primary N) is 4. The van der Waals surface area contributed by atoms with E-state index >= 15 is 0 Å². The summed E-state index contributed by atoms with van der Waals surface area (Å²) < 4.78 is 4.91. The predicted molar refractivity (Wildman–Crippen MR) is 369 cm³/mol. The Morgan fingerprint density at radius 2 is 0.838 bits per heavy atom. The first-order chi connectivity index (χ1) is 46.8. The van der Waals surface area contributed by atoms with E-state index in [2.05, 4.69) is 63.8 Å². The summed E-state index contributed by atoms with van der Waals surface area (Å²) in [4.78, 5) is 201. The number of nitrogens with zero attached hydrogens (tertiary/aromatic N) is 1. The van der Waals surface area contributed by atoms with Crippen LogP contribution in [0.4, 0.5) is 4.79 Å². The van der Waals surface area contributed by atoms with Crippen LogP contribution in [0.1, 0.15) is 163 Å². The van der Waals surface area contributed by atoms with Gasteiger partial charge in [0, 0.05) is 12.1 Å². The van der Waals surface area contributed by atoms with Gasteiger partial charge in [-0.1, -0.05) is 71.9 Å². The summed E-state index contributed by atoms with van der Waals surface area (Å²) in [6.07, 6.45) is 2.83. The molecule has 0 saturated carbocycles. The molecule has 556 valence electrons. The minimum absolute atomic E-state index is 0.0561. The molecule has 10 atom stereocenters. The number of nitrogens with one attached hydrogen (secondary N) is 12. The van der Waals surface area contributed by atoms with E-state index in [0.717, 1.165) is 11.8 Å². The van der Waals surface area contributed by atoms with Crippen molar-refractivity contribution in [2.45, 2.75) is 213 Å². The number of hydrogen-bond acceptors (Lipinski definition) is 20. The molecule has 33 nitrogen and oxygen atoms in total. The molecule has 0 bridgehead atoms. The Morgan fingerprint density at radius 1 is 0.465 bits per heavy atom. The SMILES string of the molecule is CC(C)C[C@H](NC(=O)[C@H](CCCCN)NC(=O)[C@H](C)NC(=O)[C@H](CC(C)C)NC(=O)[C@H](CCCCN)NC(=O)[C@H](C)NC(=O)[C@H](CC(C)C)NC(=O)[C@H](CCCCN)NC(=O)[C@@H]1CCCN1C(=O)CNC(=O)CNC(=O)CNC(=O)OCSC(=O)c1ccccc1)C(=O)N[C@@H](C)C(N)=O. The maximum atomic E-state index is 14.2. The second-order valence-electron chi connectivity index (χ2n) is 25.7. The molecule has 14 amide bonds. The van der Waals surface area contributed by atoms with Crippen molar-refractivity contribution in [1.29, 1.82) is 0 Å². The summed E-state index contributed by atoms with van der Waals surface area (Å²) in [5.74, 6) is -10.3. The van der Waals surface area contributed by atoms with Crippen molar-refractivity contribution >= 4 is 99.8 Å². The highest BCUT2D eigenvalue weighted by Crippen LogP contribution is 2.19. The number of carbonyl (C=O) groups is 15. The Balaban J connectivity index is 2.15. The van der Waals surface area contributed by atoms with Gasteiger partial charge in [0.2, 0.25) is 81.9 Å². The standard InChI is InChI=1S/C65H109N17O16S/c1-37(2)30-47(60(92)73-40(7)54(69)86)79-57(89)44(22-13-16-26-66)76-55(87)41(8)74-61(93)48(31-38(3)4)80-58(90)45(23-14-17-27-67)77-56(88)42(9)75-62(94)49(32-39(5)6)81-59(91)46(24-15-18-28-68)78-63(95)50-25-19-29-82(50)53(85)35-71-51(83)33-70-52(84)34-72-65(97)98-36-99-64(96)43-20-11-10-12-21-43/h10-12,20-21,37-42,44-50H,13-19,22-36,66-68H2,1-9H3,(H2,69,86)(H,70,84)(H,71,83)(H,72,97)(H,73,92)(H,74,93)(H,75,94)(H,76,87)(H,77,88)(H,78,95)(H,79,89)(H,80,90)(H,81,91)/t40-,41-,42-,44-,45-,46-,47-,48-,49-,50-/m0/s1. The summed E-state index contributed by atoms with van der Waals surface area (Å²) in [6, 6.07) is -3.56. The van der Waals surface area contributed by atoms with Crippen LogP contribution in [-0.4, -0.2) is 205 Å². The molecule has 99 heavy (non-hydrogen) atoms. The minimum atomic E-state index is -1.31. The van der Waals surface area contributed by atoms with Gasteiger partial charge in [0.1, 0.15) is 72.9 Å². The average Bonchev–Trinajstić information content (AvgIpc) is 1.77. The third-order valence-corrected chi connectivity index (χ3v) is 16.3. The van der Waals surface area contributed by atoms with Crippen molar-refractivity contribution in [2.24, 2.45) is 40.7 Å². The lowest BCUT2D eigenvalue weighted by atomic mass is 10.0. The van der Waals surface area contributed by atoms with Gasteiger partial charge in [-0.15, -0.1) is 0 Å². The second-order valence-corrected chi connectivity index (χ2v) is 26.6. The normalized spacial score (nSPS) is 15.4. The van der Waals surface area contributed by atoms with E-state index in [1.165, 1.54) is 25.7 Å². The first-order valence-corrected chi connectivity index (χ1v) is 34.9. The molecule has 1 aliphatic heterocycles. The largest absolute Gasteiger partial charge is 0.438 e. The lowest BCUT2D eigenvalue weighted by Crippen LogP contribution is -2.60. The van der Waals surface area contributed by atoms with Crippen LogP contribution in [0.2, 0.25) is 0 Å². The van der Waals surface area contributed by atoms with Crippen molar-refractivity contribution in [3.05, 3.63) is 35.9 Å². The Hall–Kier alpha value is -8.50. The van der Waals surface area contributed by atoms with Gasteiger partial charge in [0.05, 0.1) is 13.1 Å². The maximum Gasteiger partial charge on any atom is 0.408 e. The monoisotopic (exact) mass is 1420 g/mol. The molecular weight excluding hydrogens is 1310 g/mol. The van der Waals surface area contributed by atoms with Crippen LogP contribution in [0.25, 0.3) is 0 Å². The summed E-state index contributed by atoms with van der Waals surface area (Å²) in [5.41, 5.74) is 23.0. The molecule has 0 unspecified atom stereocenters.